The van der Waals surface area contributed by atoms with Crippen molar-refractivity contribution in [2.45, 2.75) is 6.54 Å². The second-order valence-electron chi connectivity index (χ2n) is 4.15. The Morgan fingerprint density at radius 2 is 1.60 bits per heavy atom. The van der Waals surface area contributed by atoms with Crippen LogP contribution in [0.2, 0.25) is 0 Å². The van der Waals surface area contributed by atoms with Crippen LogP contribution in [0, 0.1) is 22.7 Å². The molecule has 2 aromatic carbocycles. The topological polar surface area (TPSA) is 68.8 Å². The molecule has 4 nitrogen and oxygen atoms in total. The smallest absolute Gasteiger partial charge is 0.118 e. The number of anilines is 1. The number of hydrogen-bond donors (Lipinski definition) is 1. The highest BCUT2D eigenvalue weighted by atomic mass is 16.5. The molecule has 0 aromatic heterocycles. The van der Waals surface area contributed by atoms with Gasteiger partial charge < -0.3 is 10.1 Å². The van der Waals surface area contributed by atoms with E-state index in [0.29, 0.717) is 23.4 Å². The molecule has 1 N–H and O–H groups in total. The Hall–Kier alpha value is -2.98. The first kappa shape index (κ1) is 13.5. The molecule has 0 saturated carbocycles. The molecule has 0 aliphatic heterocycles. The van der Waals surface area contributed by atoms with Gasteiger partial charge in [0.1, 0.15) is 17.9 Å². The Balaban J connectivity index is 2.18. The van der Waals surface area contributed by atoms with E-state index in [-0.39, 0.29) is 0 Å². The predicted octanol–water partition coefficient (Wildman–Crippen LogP) is 3.05. The molecule has 98 valence electrons. The molecule has 0 unspecified atom stereocenters. The van der Waals surface area contributed by atoms with Gasteiger partial charge in [0.15, 0.2) is 0 Å². The molecule has 0 bridgehead atoms. The molecule has 0 aliphatic rings. The van der Waals surface area contributed by atoms with E-state index in [9.17, 15) is 0 Å². The zero-order valence-corrected chi connectivity index (χ0v) is 11.1. The van der Waals surface area contributed by atoms with Gasteiger partial charge in [0.05, 0.1) is 23.9 Å². The zero-order valence-electron chi connectivity index (χ0n) is 11.1. The lowest BCUT2D eigenvalue weighted by Gasteiger charge is -2.10. The normalized spacial score (nSPS) is 9.35. The van der Waals surface area contributed by atoms with E-state index in [0.717, 1.165) is 11.3 Å². The van der Waals surface area contributed by atoms with E-state index in [2.05, 4.69) is 17.5 Å². The molecular formula is C16H13N3O. The van der Waals surface area contributed by atoms with Gasteiger partial charge in [-0.2, -0.15) is 10.5 Å². The van der Waals surface area contributed by atoms with E-state index in [1.54, 1.807) is 25.3 Å². The zero-order chi connectivity index (χ0) is 14.4. The lowest BCUT2D eigenvalue weighted by Crippen LogP contribution is -2.03. The highest BCUT2D eigenvalue weighted by Gasteiger charge is 2.07. The van der Waals surface area contributed by atoms with Crippen LogP contribution in [0.25, 0.3) is 0 Å². The number of rotatable bonds is 4. The summed E-state index contributed by atoms with van der Waals surface area (Å²) < 4.78 is 5.10. The summed E-state index contributed by atoms with van der Waals surface area (Å²) in [6.07, 6.45) is 0. The molecule has 0 amide bonds. The molecule has 0 heterocycles. The van der Waals surface area contributed by atoms with E-state index < -0.39 is 0 Å². The van der Waals surface area contributed by atoms with Crippen molar-refractivity contribution >= 4 is 5.69 Å². The Bertz CT molecular complexity index is 646. The van der Waals surface area contributed by atoms with E-state index in [1.807, 2.05) is 24.3 Å². The molecule has 20 heavy (non-hydrogen) atoms. The quantitative estimate of drug-likeness (QED) is 0.920. The molecule has 0 atom stereocenters. The largest absolute Gasteiger partial charge is 0.497 e. The fourth-order valence-corrected chi connectivity index (χ4v) is 1.86. The van der Waals surface area contributed by atoms with Crippen molar-refractivity contribution in [3.05, 3.63) is 59.2 Å². The van der Waals surface area contributed by atoms with Crippen LogP contribution < -0.4 is 10.1 Å². The Morgan fingerprint density at radius 3 is 2.10 bits per heavy atom. The number of nitrogens with one attached hydrogen (secondary N) is 1. The maximum Gasteiger partial charge on any atom is 0.118 e. The molecule has 2 aromatic rings. The monoisotopic (exact) mass is 263 g/mol. The Labute approximate surface area is 117 Å². The van der Waals surface area contributed by atoms with Gasteiger partial charge in [0, 0.05) is 6.54 Å². The van der Waals surface area contributed by atoms with Crippen LogP contribution in [-0.2, 0) is 6.54 Å². The second kappa shape index (κ2) is 6.26. The third-order valence-corrected chi connectivity index (χ3v) is 2.93. The first-order valence-corrected chi connectivity index (χ1v) is 6.08. The van der Waals surface area contributed by atoms with Crippen molar-refractivity contribution in [1.29, 1.82) is 10.5 Å². The van der Waals surface area contributed by atoms with Crippen LogP contribution in [0.3, 0.4) is 0 Å². The third-order valence-electron chi connectivity index (χ3n) is 2.93. The number of hydrogen-bond acceptors (Lipinski definition) is 4. The van der Waals surface area contributed by atoms with E-state index in [1.165, 1.54) is 0 Å². The SMILES string of the molecule is COc1ccc(CNc2c(C#N)cccc2C#N)cc1. The summed E-state index contributed by atoms with van der Waals surface area (Å²) in [6.45, 7) is 0.539. The Kier molecular flexibility index (Phi) is 4.21. The van der Waals surface area contributed by atoms with Gasteiger partial charge in [0.25, 0.3) is 0 Å². The third kappa shape index (κ3) is 2.88. The molecule has 2 rings (SSSR count). The molecule has 0 radical (unpaired) electrons. The van der Waals surface area contributed by atoms with Crippen molar-refractivity contribution in [2.24, 2.45) is 0 Å². The van der Waals surface area contributed by atoms with Crippen molar-refractivity contribution in [1.82, 2.24) is 0 Å². The number of nitriles is 2. The minimum atomic E-state index is 0.470. The molecule has 0 fully saturated rings. The lowest BCUT2D eigenvalue weighted by molar-refractivity contribution is 0.414. The van der Waals surface area contributed by atoms with Crippen LogP contribution in [0.5, 0.6) is 5.75 Å². The molecule has 0 aliphatic carbocycles. The minimum Gasteiger partial charge on any atom is -0.497 e. The summed E-state index contributed by atoms with van der Waals surface area (Å²) in [5.74, 6) is 0.795. The average molecular weight is 263 g/mol. The van der Waals surface area contributed by atoms with Crippen LogP contribution in [0.4, 0.5) is 5.69 Å². The van der Waals surface area contributed by atoms with Crippen LogP contribution in [0.1, 0.15) is 16.7 Å². The number of benzene rings is 2. The van der Waals surface area contributed by atoms with Gasteiger partial charge in [-0.3, -0.25) is 0 Å². The summed E-state index contributed by atoms with van der Waals surface area (Å²) in [6, 6.07) is 16.9. The summed E-state index contributed by atoms with van der Waals surface area (Å²) in [5.41, 5.74) is 2.56. The van der Waals surface area contributed by atoms with Gasteiger partial charge in [-0.05, 0) is 29.8 Å². The fourth-order valence-electron chi connectivity index (χ4n) is 1.86. The Morgan fingerprint density at radius 1 is 1.00 bits per heavy atom. The van der Waals surface area contributed by atoms with Gasteiger partial charge in [-0.15, -0.1) is 0 Å². The summed E-state index contributed by atoms with van der Waals surface area (Å²) in [4.78, 5) is 0. The van der Waals surface area contributed by atoms with Crippen molar-refractivity contribution in [2.75, 3.05) is 12.4 Å². The second-order valence-corrected chi connectivity index (χ2v) is 4.15. The van der Waals surface area contributed by atoms with E-state index in [4.69, 9.17) is 15.3 Å². The minimum absolute atomic E-state index is 0.470. The van der Waals surface area contributed by atoms with Gasteiger partial charge >= 0.3 is 0 Å². The van der Waals surface area contributed by atoms with Crippen molar-refractivity contribution in [3.8, 4) is 17.9 Å². The van der Waals surface area contributed by atoms with Crippen molar-refractivity contribution in [3.63, 3.8) is 0 Å². The van der Waals surface area contributed by atoms with Crippen LogP contribution in [-0.4, -0.2) is 7.11 Å². The molecule has 0 saturated heterocycles. The fraction of sp³-hybridized carbons (Fsp3) is 0.125. The van der Waals surface area contributed by atoms with E-state index >= 15 is 0 Å². The summed E-state index contributed by atoms with van der Waals surface area (Å²) >= 11 is 0. The van der Waals surface area contributed by atoms with Gasteiger partial charge in [0.2, 0.25) is 0 Å². The molecular weight excluding hydrogens is 250 g/mol. The maximum atomic E-state index is 9.09. The maximum absolute atomic E-state index is 9.09. The van der Waals surface area contributed by atoms with Crippen molar-refractivity contribution < 1.29 is 4.74 Å². The van der Waals surface area contributed by atoms with Crippen LogP contribution in [0.15, 0.2) is 42.5 Å². The number of nitrogens with zero attached hydrogens (tertiary/aromatic N) is 2. The first-order valence-electron chi connectivity index (χ1n) is 6.08. The molecule has 4 heteroatoms. The standard InChI is InChI=1S/C16H13N3O/c1-20-15-7-5-12(6-8-15)11-19-16-13(9-17)3-2-4-14(16)10-18/h2-8,19H,11H2,1H3. The summed E-state index contributed by atoms with van der Waals surface area (Å²) in [5, 5.41) is 21.3. The number of methoxy groups -OCH3 is 1. The number of para-hydroxylation sites is 1. The highest BCUT2D eigenvalue weighted by molar-refractivity contribution is 5.66. The highest BCUT2D eigenvalue weighted by Crippen LogP contribution is 2.21. The van der Waals surface area contributed by atoms with Gasteiger partial charge in [-0.1, -0.05) is 18.2 Å². The predicted molar refractivity (Wildman–Crippen MR) is 76.2 cm³/mol. The average Bonchev–Trinajstić information content (AvgIpc) is 2.52. The van der Waals surface area contributed by atoms with Gasteiger partial charge in [-0.25, -0.2) is 0 Å². The first-order chi connectivity index (χ1) is 9.78. The molecule has 0 spiro atoms. The summed E-state index contributed by atoms with van der Waals surface area (Å²) in [7, 11) is 1.62. The number of ether oxygens (including phenoxy) is 1. The van der Waals surface area contributed by atoms with Crippen LogP contribution >= 0.6 is 0 Å². The lowest BCUT2D eigenvalue weighted by atomic mass is 10.1.